The van der Waals surface area contributed by atoms with E-state index in [9.17, 15) is 14.7 Å². The highest BCUT2D eigenvalue weighted by molar-refractivity contribution is 9.11. The van der Waals surface area contributed by atoms with Crippen LogP contribution in [0.2, 0.25) is 0 Å². The zero-order chi connectivity index (χ0) is 15.0. The van der Waals surface area contributed by atoms with Gasteiger partial charge in [-0.3, -0.25) is 10.2 Å². The molecule has 1 aromatic heterocycles. The molecule has 1 aromatic carbocycles. The van der Waals surface area contributed by atoms with E-state index >= 15 is 0 Å². The van der Waals surface area contributed by atoms with Crippen molar-refractivity contribution in [1.29, 1.82) is 0 Å². The van der Waals surface area contributed by atoms with Gasteiger partial charge in [0.25, 0.3) is 0 Å². The molecular weight excluding hydrogens is 358 g/mol. The maximum Gasteiger partial charge on any atom is 0.328 e. The molecule has 0 bridgehead atoms. The second-order valence-corrected chi connectivity index (χ2v) is 6.87. The van der Waals surface area contributed by atoms with Crippen molar-refractivity contribution in [2.45, 2.75) is 12.5 Å². The van der Waals surface area contributed by atoms with E-state index in [1.54, 1.807) is 18.3 Å². The number of carboxylic acids is 1. The summed E-state index contributed by atoms with van der Waals surface area (Å²) in [5, 5.41) is 12.4. The minimum atomic E-state index is -1.03. The van der Waals surface area contributed by atoms with Crippen molar-refractivity contribution in [2.75, 3.05) is 10.2 Å². The number of nitrogens with zero attached hydrogens (tertiary/aromatic N) is 2. The second-order valence-electron chi connectivity index (χ2n) is 4.46. The number of fused-ring (bicyclic) bond motifs is 1. The molecular formula is C13H10BrN3O3S. The lowest BCUT2D eigenvalue weighted by Crippen LogP contribution is -2.45. The first-order valence-electron chi connectivity index (χ1n) is 6.08. The molecule has 2 N–H and O–H groups in total. The van der Waals surface area contributed by atoms with Gasteiger partial charge in [0.1, 0.15) is 6.04 Å². The fraction of sp³-hybridized carbons (Fsp3) is 0.154. The summed E-state index contributed by atoms with van der Waals surface area (Å²) in [6.07, 6.45) is 1.88. The zero-order valence-corrected chi connectivity index (χ0v) is 13.0. The second kappa shape index (κ2) is 5.45. The monoisotopic (exact) mass is 367 g/mol. The van der Waals surface area contributed by atoms with Crippen LogP contribution in [0.3, 0.4) is 0 Å². The molecule has 108 valence electrons. The average Bonchev–Trinajstić information content (AvgIpc) is 3.02. The molecule has 0 fully saturated rings. The van der Waals surface area contributed by atoms with Gasteiger partial charge in [0, 0.05) is 12.1 Å². The van der Waals surface area contributed by atoms with Gasteiger partial charge >= 0.3 is 12.0 Å². The number of aromatic nitrogens is 1. The van der Waals surface area contributed by atoms with Crippen molar-refractivity contribution in [2.24, 2.45) is 0 Å². The Balaban J connectivity index is 1.90. The van der Waals surface area contributed by atoms with Crippen LogP contribution in [0.1, 0.15) is 5.56 Å². The number of amides is 2. The number of para-hydroxylation sites is 1. The van der Waals surface area contributed by atoms with Crippen LogP contribution < -0.4 is 10.2 Å². The summed E-state index contributed by atoms with van der Waals surface area (Å²) in [6.45, 7) is 0. The number of thiazole rings is 1. The highest BCUT2D eigenvalue weighted by Crippen LogP contribution is 2.33. The third-order valence-corrected chi connectivity index (χ3v) is 4.56. The average molecular weight is 368 g/mol. The predicted molar refractivity (Wildman–Crippen MR) is 82.9 cm³/mol. The SMILES string of the molecule is O=C(O)C1Cc2ccccc2N1C(=O)Nc1ncc(Br)s1. The molecule has 0 radical (unpaired) electrons. The smallest absolute Gasteiger partial charge is 0.328 e. The maximum absolute atomic E-state index is 12.4. The summed E-state index contributed by atoms with van der Waals surface area (Å²) in [4.78, 5) is 29.1. The Morgan fingerprint density at radius 1 is 1.43 bits per heavy atom. The predicted octanol–water partition coefficient (Wildman–Crippen LogP) is 2.95. The molecule has 0 saturated carbocycles. The van der Waals surface area contributed by atoms with Crippen LogP contribution >= 0.6 is 27.3 Å². The number of carbonyl (C=O) groups is 2. The van der Waals surface area contributed by atoms with Crippen LogP contribution in [-0.4, -0.2) is 28.1 Å². The van der Waals surface area contributed by atoms with Crippen molar-refractivity contribution >= 4 is 50.1 Å². The molecule has 0 saturated heterocycles. The molecule has 1 aliphatic heterocycles. The number of rotatable bonds is 2. The molecule has 2 amide bonds. The number of anilines is 2. The Labute approximate surface area is 132 Å². The number of urea groups is 1. The molecule has 2 heterocycles. The summed E-state index contributed by atoms with van der Waals surface area (Å²) < 4.78 is 0.786. The van der Waals surface area contributed by atoms with E-state index in [4.69, 9.17) is 0 Å². The minimum absolute atomic E-state index is 0.306. The van der Waals surface area contributed by atoms with Crippen LogP contribution in [-0.2, 0) is 11.2 Å². The van der Waals surface area contributed by atoms with Gasteiger partial charge in [-0.25, -0.2) is 14.6 Å². The van der Waals surface area contributed by atoms with Gasteiger partial charge in [-0.05, 0) is 27.6 Å². The molecule has 1 atom stereocenters. The summed E-state index contributed by atoms with van der Waals surface area (Å²) in [5.41, 5.74) is 1.47. The quantitative estimate of drug-likeness (QED) is 0.854. The largest absolute Gasteiger partial charge is 0.480 e. The number of carbonyl (C=O) groups excluding carboxylic acids is 1. The van der Waals surface area contributed by atoms with Crippen LogP contribution in [0.5, 0.6) is 0 Å². The highest BCUT2D eigenvalue weighted by atomic mass is 79.9. The Bertz CT molecular complexity index is 718. The number of carboxylic acid groups (broad SMARTS) is 1. The van der Waals surface area contributed by atoms with Gasteiger partial charge in [0.05, 0.1) is 9.98 Å². The highest BCUT2D eigenvalue weighted by Gasteiger charge is 2.38. The molecule has 21 heavy (non-hydrogen) atoms. The third kappa shape index (κ3) is 2.64. The molecule has 1 aliphatic rings. The topological polar surface area (TPSA) is 82.5 Å². The van der Waals surface area contributed by atoms with E-state index in [2.05, 4.69) is 26.2 Å². The lowest BCUT2D eigenvalue weighted by Gasteiger charge is -2.22. The fourth-order valence-corrected chi connectivity index (χ4v) is 3.39. The molecule has 3 rings (SSSR count). The van der Waals surface area contributed by atoms with Crippen LogP contribution in [0, 0.1) is 0 Å². The summed E-state index contributed by atoms with van der Waals surface area (Å²) >= 11 is 4.53. The number of nitrogens with one attached hydrogen (secondary N) is 1. The molecule has 0 aliphatic carbocycles. The normalized spacial score (nSPS) is 16.6. The van der Waals surface area contributed by atoms with E-state index < -0.39 is 18.0 Å². The lowest BCUT2D eigenvalue weighted by atomic mass is 10.1. The van der Waals surface area contributed by atoms with Gasteiger partial charge in [-0.2, -0.15) is 0 Å². The van der Waals surface area contributed by atoms with Crippen LogP contribution in [0.25, 0.3) is 0 Å². The van der Waals surface area contributed by atoms with E-state index in [0.717, 1.165) is 9.35 Å². The molecule has 0 spiro atoms. The lowest BCUT2D eigenvalue weighted by molar-refractivity contribution is -0.138. The molecule has 2 aromatic rings. The van der Waals surface area contributed by atoms with Crippen molar-refractivity contribution < 1.29 is 14.7 Å². The zero-order valence-electron chi connectivity index (χ0n) is 10.6. The van der Waals surface area contributed by atoms with Crippen molar-refractivity contribution in [3.63, 3.8) is 0 Å². The van der Waals surface area contributed by atoms with Gasteiger partial charge in [0.2, 0.25) is 0 Å². The number of hydrogen-bond acceptors (Lipinski definition) is 4. The number of hydrogen-bond donors (Lipinski definition) is 2. The number of benzene rings is 1. The Kier molecular flexibility index (Phi) is 3.64. The summed E-state index contributed by atoms with van der Waals surface area (Å²) in [5.74, 6) is -1.03. The molecule has 8 heteroatoms. The van der Waals surface area contributed by atoms with Crippen molar-refractivity contribution in [1.82, 2.24) is 4.98 Å². The summed E-state index contributed by atoms with van der Waals surface area (Å²) in [6, 6.07) is 5.80. The van der Waals surface area contributed by atoms with E-state index in [-0.39, 0.29) is 0 Å². The Morgan fingerprint density at radius 2 is 2.19 bits per heavy atom. The van der Waals surface area contributed by atoms with Crippen molar-refractivity contribution in [3.05, 3.63) is 39.8 Å². The maximum atomic E-state index is 12.4. The van der Waals surface area contributed by atoms with Gasteiger partial charge in [-0.15, -0.1) is 0 Å². The van der Waals surface area contributed by atoms with Crippen molar-refractivity contribution in [3.8, 4) is 0 Å². The van der Waals surface area contributed by atoms with E-state index in [1.807, 2.05) is 12.1 Å². The van der Waals surface area contributed by atoms with Crippen LogP contribution in [0.15, 0.2) is 34.2 Å². The van der Waals surface area contributed by atoms with Gasteiger partial charge < -0.3 is 5.11 Å². The first-order valence-corrected chi connectivity index (χ1v) is 7.69. The van der Waals surface area contributed by atoms with E-state index in [0.29, 0.717) is 17.2 Å². The molecule has 1 unspecified atom stereocenters. The number of halogens is 1. The number of aliphatic carboxylic acids is 1. The van der Waals surface area contributed by atoms with Crippen LogP contribution in [0.4, 0.5) is 15.6 Å². The fourth-order valence-electron chi connectivity index (χ4n) is 2.30. The third-order valence-electron chi connectivity index (χ3n) is 3.17. The first kappa shape index (κ1) is 14.0. The Morgan fingerprint density at radius 3 is 2.86 bits per heavy atom. The summed E-state index contributed by atoms with van der Waals surface area (Å²) in [7, 11) is 0. The standard InChI is InChI=1S/C13H10BrN3O3S/c14-10-6-15-12(21-10)16-13(20)17-8-4-2-1-3-7(8)5-9(17)11(18)19/h1-4,6,9H,5H2,(H,18,19)(H,15,16,20). The van der Waals surface area contributed by atoms with E-state index in [1.165, 1.54) is 16.2 Å². The Hall–Kier alpha value is -1.93. The van der Waals surface area contributed by atoms with Gasteiger partial charge in [-0.1, -0.05) is 29.5 Å². The minimum Gasteiger partial charge on any atom is -0.480 e. The molecule has 6 nitrogen and oxygen atoms in total. The first-order chi connectivity index (χ1) is 10.1. The van der Waals surface area contributed by atoms with Gasteiger partial charge in [0.15, 0.2) is 5.13 Å².